The molecule has 13 heteroatoms. The lowest BCUT2D eigenvalue weighted by Gasteiger charge is -2.23. The summed E-state index contributed by atoms with van der Waals surface area (Å²) in [7, 11) is 1.54. The molecule has 2 heterocycles. The van der Waals surface area contributed by atoms with Crippen LogP contribution in [0.2, 0.25) is 0 Å². The van der Waals surface area contributed by atoms with Crippen molar-refractivity contribution in [1.82, 2.24) is 25.1 Å². The van der Waals surface area contributed by atoms with Crippen LogP contribution >= 0.6 is 0 Å². The average molecular weight is 570 g/mol. The second-order valence-electron chi connectivity index (χ2n) is 9.71. The first kappa shape index (κ1) is 29.6. The highest BCUT2D eigenvalue weighted by atomic mass is 19.2. The summed E-state index contributed by atoms with van der Waals surface area (Å²) in [5.74, 6) is -0.727. The van der Waals surface area contributed by atoms with Crippen LogP contribution in [-0.4, -0.2) is 76.0 Å². The van der Waals surface area contributed by atoms with Gasteiger partial charge in [-0.25, -0.2) is 18.7 Å². The van der Waals surface area contributed by atoms with E-state index in [2.05, 4.69) is 49.5 Å². The van der Waals surface area contributed by atoms with Gasteiger partial charge in [-0.05, 0) is 30.5 Å². The number of methoxy groups -OCH3 is 1. The number of fused-ring (bicyclic) bond motifs is 1. The van der Waals surface area contributed by atoms with Crippen LogP contribution in [0.3, 0.4) is 0 Å². The van der Waals surface area contributed by atoms with Gasteiger partial charge in [-0.1, -0.05) is 19.9 Å². The molecule has 0 bridgehead atoms. The zero-order valence-corrected chi connectivity index (χ0v) is 23.1. The number of ether oxygens (including phenoxy) is 2. The van der Waals surface area contributed by atoms with E-state index in [9.17, 15) is 18.7 Å². The smallest absolute Gasteiger partial charge is 0.273 e. The lowest BCUT2D eigenvalue weighted by Crippen LogP contribution is -2.32. The molecule has 0 aliphatic heterocycles. The molecule has 11 nitrogen and oxygen atoms in total. The fourth-order valence-corrected chi connectivity index (χ4v) is 4.27. The summed E-state index contributed by atoms with van der Waals surface area (Å²) in [6.07, 6.45) is 2.15. The Balaban J connectivity index is 1.44. The van der Waals surface area contributed by atoms with Gasteiger partial charge >= 0.3 is 0 Å². The standard InChI is InChI=1S/C28H33F2N7O4/c1-17(2)15-37(9-10-38)8-5-11-41-24-13-21-18(12-23(24)40-3)27(32-16-31-21)34-25-14-22(35-36-25)28(39)33-20-7-4-6-19(29)26(20)30/h4,6-7,12-14,16-17,38H,5,8-11,15H2,1-3H3,(H,33,39)(H2,31,32,34,35,36). The molecule has 0 unspecified atom stereocenters. The molecule has 0 spiro atoms. The van der Waals surface area contributed by atoms with Gasteiger partial charge in [0.2, 0.25) is 0 Å². The van der Waals surface area contributed by atoms with Crippen molar-refractivity contribution in [1.29, 1.82) is 0 Å². The Morgan fingerprint density at radius 1 is 1.15 bits per heavy atom. The fourth-order valence-electron chi connectivity index (χ4n) is 4.27. The Kier molecular flexibility index (Phi) is 9.98. The van der Waals surface area contributed by atoms with Crippen molar-refractivity contribution in [3.63, 3.8) is 0 Å². The molecule has 218 valence electrons. The van der Waals surface area contributed by atoms with Gasteiger partial charge in [0.05, 0.1) is 31.5 Å². The lowest BCUT2D eigenvalue weighted by molar-refractivity contribution is 0.102. The first-order valence-corrected chi connectivity index (χ1v) is 13.2. The van der Waals surface area contributed by atoms with Crippen molar-refractivity contribution in [2.75, 3.05) is 50.6 Å². The topological polar surface area (TPSA) is 138 Å². The Hall–Kier alpha value is -4.36. The number of nitrogens with one attached hydrogen (secondary N) is 3. The van der Waals surface area contributed by atoms with Crippen LogP contribution in [0.4, 0.5) is 26.1 Å². The van der Waals surface area contributed by atoms with Gasteiger partial charge in [-0.2, -0.15) is 5.10 Å². The monoisotopic (exact) mass is 569 g/mol. The Bertz CT molecular complexity index is 1480. The van der Waals surface area contributed by atoms with Crippen molar-refractivity contribution < 1.29 is 28.2 Å². The minimum Gasteiger partial charge on any atom is -0.493 e. The van der Waals surface area contributed by atoms with Crippen molar-refractivity contribution >= 4 is 34.1 Å². The maximum atomic E-state index is 13.9. The molecule has 1 amide bonds. The number of carbonyl (C=O) groups excluding carboxylic acids is 1. The molecule has 0 aliphatic carbocycles. The van der Waals surface area contributed by atoms with E-state index in [1.807, 2.05) is 0 Å². The molecule has 0 aliphatic rings. The number of carbonyl (C=O) groups is 1. The van der Waals surface area contributed by atoms with Gasteiger partial charge in [0.25, 0.3) is 5.91 Å². The Morgan fingerprint density at radius 3 is 2.73 bits per heavy atom. The number of aliphatic hydroxyl groups is 1. The number of hydrogen-bond donors (Lipinski definition) is 4. The number of benzene rings is 2. The van der Waals surface area contributed by atoms with Gasteiger partial charge in [-0.3, -0.25) is 9.89 Å². The van der Waals surface area contributed by atoms with Crippen LogP contribution in [-0.2, 0) is 0 Å². The van der Waals surface area contributed by atoms with E-state index in [0.29, 0.717) is 47.3 Å². The first-order valence-electron chi connectivity index (χ1n) is 13.2. The van der Waals surface area contributed by atoms with E-state index in [-0.39, 0.29) is 23.8 Å². The second kappa shape index (κ2) is 13.8. The van der Waals surface area contributed by atoms with Crippen LogP contribution in [0.15, 0.2) is 42.7 Å². The zero-order chi connectivity index (χ0) is 29.4. The molecule has 4 aromatic rings. The number of aliphatic hydroxyl groups excluding tert-OH is 1. The normalized spacial score (nSPS) is 11.3. The van der Waals surface area contributed by atoms with Crippen LogP contribution < -0.4 is 20.1 Å². The highest BCUT2D eigenvalue weighted by Crippen LogP contribution is 2.34. The zero-order valence-electron chi connectivity index (χ0n) is 23.1. The molecular formula is C28H33F2N7O4. The number of H-pyrrole nitrogens is 1. The largest absolute Gasteiger partial charge is 0.493 e. The maximum absolute atomic E-state index is 13.9. The number of hydrogen-bond acceptors (Lipinski definition) is 9. The predicted octanol–water partition coefficient (Wildman–Crippen LogP) is 4.35. The molecule has 4 N–H and O–H groups in total. The van der Waals surface area contributed by atoms with Gasteiger partial charge in [0, 0.05) is 37.2 Å². The van der Waals surface area contributed by atoms with E-state index in [1.54, 1.807) is 12.1 Å². The highest BCUT2D eigenvalue weighted by Gasteiger charge is 2.17. The second-order valence-corrected chi connectivity index (χ2v) is 9.71. The third-order valence-electron chi connectivity index (χ3n) is 6.11. The summed E-state index contributed by atoms with van der Waals surface area (Å²) in [4.78, 5) is 23.4. The summed E-state index contributed by atoms with van der Waals surface area (Å²) in [6.45, 7) is 7.18. The van der Waals surface area contributed by atoms with Crippen LogP contribution in [0.1, 0.15) is 30.8 Å². The molecule has 2 aromatic carbocycles. The number of halogens is 2. The van der Waals surface area contributed by atoms with E-state index in [0.717, 1.165) is 25.6 Å². The van der Waals surface area contributed by atoms with Gasteiger partial charge in [0.1, 0.15) is 17.8 Å². The number of rotatable bonds is 14. The van der Waals surface area contributed by atoms with E-state index >= 15 is 0 Å². The van der Waals surface area contributed by atoms with Crippen LogP contribution in [0.5, 0.6) is 11.5 Å². The molecular weight excluding hydrogens is 536 g/mol. The predicted molar refractivity (Wildman–Crippen MR) is 151 cm³/mol. The molecule has 41 heavy (non-hydrogen) atoms. The summed E-state index contributed by atoms with van der Waals surface area (Å²) in [5, 5.41) is 21.9. The van der Waals surface area contributed by atoms with Crippen molar-refractivity contribution in [3.05, 3.63) is 60.1 Å². The van der Waals surface area contributed by atoms with E-state index in [4.69, 9.17) is 9.47 Å². The van der Waals surface area contributed by atoms with Gasteiger partial charge in [-0.15, -0.1) is 0 Å². The number of anilines is 3. The third-order valence-corrected chi connectivity index (χ3v) is 6.11. The number of amides is 1. The minimum atomic E-state index is -1.15. The number of aromatic amines is 1. The molecule has 2 aromatic heterocycles. The summed E-state index contributed by atoms with van der Waals surface area (Å²) in [6, 6.07) is 8.42. The van der Waals surface area contributed by atoms with E-state index in [1.165, 1.54) is 31.6 Å². The molecule has 0 saturated heterocycles. The molecule has 0 atom stereocenters. The third kappa shape index (κ3) is 7.64. The SMILES string of the molecule is COc1cc2c(Nc3cc(C(=O)Nc4cccc(F)c4F)[nH]n3)ncnc2cc1OCCCN(CCO)CC(C)C. The van der Waals surface area contributed by atoms with Crippen molar-refractivity contribution in [2.24, 2.45) is 5.92 Å². The summed E-state index contributed by atoms with van der Waals surface area (Å²) in [5.41, 5.74) is 0.327. The van der Waals surface area contributed by atoms with Crippen molar-refractivity contribution in [3.8, 4) is 11.5 Å². The first-order chi connectivity index (χ1) is 19.8. The average Bonchev–Trinajstić information content (AvgIpc) is 3.42. The minimum absolute atomic E-state index is 0.0220. The van der Waals surface area contributed by atoms with E-state index < -0.39 is 17.5 Å². The van der Waals surface area contributed by atoms with Gasteiger partial charge < -0.3 is 30.1 Å². The number of nitrogens with zero attached hydrogens (tertiary/aromatic N) is 4. The van der Waals surface area contributed by atoms with Crippen LogP contribution in [0.25, 0.3) is 10.9 Å². The summed E-state index contributed by atoms with van der Waals surface area (Å²) < 4.78 is 39.0. The lowest BCUT2D eigenvalue weighted by atomic mass is 10.2. The molecule has 0 fully saturated rings. The fraction of sp³-hybridized carbons (Fsp3) is 0.357. The molecule has 4 rings (SSSR count). The van der Waals surface area contributed by atoms with Crippen LogP contribution in [0, 0.1) is 17.6 Å². The number of aromatic nitrogens is 4. The summed E-state index contributed by atoms with van der Waals surface area (Å²) >= 11 is 0. The Labute approximate surface area is 235 Å². The Morgan fingerprint density at radius 2 is 1.98 bits per heavy atom. The maximum Gasteiger partial charge on any atom is 0.273 e. The van der Waals surface area contributed by atoms with Gasteiger partial charge in [0.15, 0.2) is 29.0 Å². The molecule has 0 radical (unpaired) electrons. The molecule has 0 saturated carbocycles. The highest BCUT2D eigenvalue weighted by molar-refractivity contribution is 6.03. The van der Waals surface area contributed by atoms with Crippen molar-refractivity contribution in [2.45, 2.75) is 20.3 Å². The quantitative estimate of drug-likeness (QED) is 0.163.